The smallest absolute Gasteiger partial charge is 0.428 e. The molecule has 4 nitrogen and oxygen atoms in total. The van der Waals surface area contributed by atoms with Gasteiger partial charge in [-0.2, -0.15) is 17.6 Å². The van der Waals surface area contributed by atoms with Gasteiger partial charge in [-0.25, -0.2) is 4.39 Å². The van der Waals surface area contributed by atoms with Crippen LogP contribution in [0.15, 0.2) is 84.6 Å². The lowest BCUT2D eigenvalue weighted by Gasteiger charge is -2.26. The topological polar surface area (TPSA) is 41.6 Å². The van der Waals surface area contributed by atoms with Gasteiger partial charge in [0.2, 0.25) is 0 Å². The van der Waals surface area contributed by atoms with E-state index in [1.807, 2.05) is 19.1 Å². The number of carbonyl (C=O) groups is 1. The van der Waals surface area contributed by atoms with Gasteiger partial charge in [0.25, 0.3) is 5.91 Å². The van der Waals surface area contributed by atoms with E-state index >= 15 is 0 Å². The van der Waals surface area contributed by atoms with Crippen LogP contribution in [0.4, 0.5) is 33.3 Å². The van der Waals surface area contributed by atoms with Crippen LogP contribution in [0.5, 0.6) is 5.75 Å². The molecule has 0 saturated heterocycles. The van der Waals surface area contributed by atoms with Crippen molar-refractivity contribution in [2.75, 3.05) is 10.2 Å². The van der Waals surface area contributed by atoms with Crippen molar-refractivity contribution in [3.05, 3.63) is 101 Å². The molecule has 0 radical (unpaired) electrons. The lowest BCUT2D eigenvalue weighted by Crippen LogP contribution is -2.33. The Bertz CT molecular complexity index is 1230. The van der Waals surface area contributed by atoms with Gasteiger partial charge in [0.15, 0.2) is 0 Å². The van der Waals surface area contributed by atoms with E-state index < -0.39 is 36.9 Å². The predicted molar refractivity (Wildman–Crippen MR) is 122 cm³/mol. The van der Waals surface area contributed by atoms with Crippen LogP contribution in [0.3, 0.4) is 0 Å². The first-order valence-corrected chi connectivity index (χ1v) is 10.7. The zero-order chi connectivity index (χ0) is 25.2. The van der Waals surface area contributed by atoms with Crippen molar-refractivity contribution >= 4 is 17.3 Å². The molecular formula is C26H21F5N2O2. The zero-order valence-electron chi connectivity index (χ0n) is 18.5. The molecule has 0 bridgehead atoms. The average molecular weight is 488 g/mol. The summed E-state index contributed by atoms with van der Waals surface area (Å²) in [4.78, 5) is 14.9. The number of benzene rings is 3. The number of nitrogens with one attached hydrogen (secondary N) is 1. The summed E-state index contributed by atoms with van der Waals surface area (Å²) in [7, 11) is 0. The molecule has 1 N–H and O–H groups in total. The number of hydrogen-bond donors (Lipinski definition) is 1. The maximum Gasteiger partial charge on any atom is 0.461 e. The van der Waals surface area contributed by atoms with Crippen molar-refractivity contribution in [2.24, 2.45) is 0 Å². The van der Waals surface area contributed by atoms with Crippen molar-refractivity contribution in [3.8, 4) is 5.75 Å². The molecule has 1 heterocycles. The highest BCUT2D eigenvalue weighted by Gasteiger charge is 2.44. The molecule has 1 aliphatic rings. The quantitative estimate of drug-likeness (QED) is 0.355. The summed E-state index contributed by atoms with van der Waals surface area (Å²) in [5.74, 6) is -0.849. The Morgan fingerprint density at radius 3 is 2.34 bits per heavy atom. The Balaban J connectivity index is 1.70. The molecular weight excluding hydrogens is 467 g/mol. The van der Waals surface area contributed by atoms with Crippen LogP contribution in [-0.4, -0.2) is 18.4 Å². The van der Waals surface area contributed by atoms with Gasteiger partial charge in [0, 0.05) is 11.4 Å². The maximum absolute atomic E-state index is 13.5. The van der Waals surface area contributed by atoms with Gasteiger partial charge in [-0.05, 0) is 60.5 Å². The molecule has 0 aliphatic carbocycles. The monoisotopic (exact) mass is 488 g/mol. The lowest BCUT2D eigenvalue weighted by molar-refractivity contribution is -0.253. The largest absolute Gasteiger partial charge is 0.461 e. The number of anilines is 2. The van der Waals surface area contributed by atoms with Crippen LogP contribution < -0.4 is 15.0 Å². The molecule has 4 rings (SSSR count). The van der Waals surface area contributed by atoms with E-state index in [0.717, 1.165) is 11.6 Å². The van der Waals surface area contributed by atoms with E-state index in [1.54, 1.807) is 48.5 Å². The molecule has 1 amide bonds. The van der Waals surface area contributed by atoms with Crippen molar-refractivity contribution in [1.82, 2.24) is 0 Å². The van der Waals surface area contributed by atoms with Gasteiger partial charge in [-0.15, -0.1) is 0 Å². The Labute approximate surface area is 198 Å². The molecule has 1 atom stereocenters. The molecule has 1 unspecified atom stereocenters. The highest BCUT2D eigenvalue weighted by molar-refractivity contribution is 6.11. The highest BCUT2D eigenvalue weighted by Crippen LogP contribution is 2.38. The van der Waals surface area contributed by atoms with Crippen LogP contribution in [-0.2, 0) is 11.5 Å². The Morgan fingerprint density at radius 1 is 1.03 bits per heavy atom. The van der Waals surface area contributed by atoms with Gasteiger partial charge in [-0.3, -0.25) is 9.69 Å². The Kier molecular flexibility index (Phi) is 6.77. The van der Waals surface area contributed by atoms with Gasteiger partial charge < -0.3 is 10.1 Å². The van der Waals surface area contributed by atoms with Gasteiger partial charge >= 0.3 is 12.5 Å². The number of hydrogen-bond acceptors (Lipinski definition) is 3. The van der Waals surface area contributed by atoms with Crippen molar-refractivity contribution in [1.29, 1.82) is 0 Å². The van der Waals surface area contributed by atoms with Crippen molar-refractivity contribution in [3.63, 3.8) is 0 Å². The van der Waals surface area contributed by atoms with Crippen molar-refractivity contribution in [2.45, 2.75) is 32.2 Å². The lowest BCUT2D eigenvalue weighted by atomic mass is 10.1. The fourth-order valence-electron chi connectivity index (χ4n) is 3.68. The summed E-state index contributed by atoms with van der Waals surface area (Å²) in [6, 6.07) is 18.2. The summed E-state index contributed by atoms with van der Waals surface area (Å²) < 4.78 is 69.2. The first kappa shape index (κ1) is 24.3. The number of rotatable bonds is 8. The summed E-state index contributed by atoms with van der Waals surface area (Å²) >= 11 is 0. The summed E-state index contributed by atoms with van der Waals surface area (Å²) in [5.41, 5.74) is 3.16. The SMILES string of the molecule is Cc1ccc(N2C(=O)C(Nc3ccc(CF)cc3)=CC2c2cccc(OC(F)(F)C(F)F)c2)cc1. The zero-order valence-corrected chi connectivity index (χ0v) is 18.5. The third-order valence-electron chi connectivity index (χ3n) is 5.46. The second kappa shape index (κ2) is 9.77. The third-order valence-corrected chi connectivity index (χ3v) is 5.46. The molecule has 1 aliphatic heterocycles. The molecule has 0 aromatic heterocycles. The molecule has 3 aromatic carbocycles. The minimum Gasteiger partial charge on any atom is -0.428 e. The average Bonchev–Trinajstić information content (AvgIpc) is 3.16. The number of alkyl halides is 5. The van der Waals surface area contributed by atoms with Gasteiger partial charge in [-0.1, -0.05) is 42.0 Å². The van der Waals surface area contributed by atoms with E-state index in [2.05, 4.69) is 10.1 Å². The summed E-state index contributed by atoms with van der Waals surface area (Å²) in [6.07, 6.45) is -7.05. The summed E-state index contributed by atoms with van der Waals surface area (Å²) in [5, 5.41) is 3.02. The van der Waals surface area contributed by atoms with E-state index in [9.17, 15) is 26.7 Å². The minimum absolute atomic E-state index is 0.216. The van der Waals surface area contributed by atoms with Crippen LogP contribution >= 0.6 is 0 Å². The van der Waals surface area contributed by atoms with Crippen LogP contribution in [0.1, 0.15) is 22.7 Å². The van der Waals surface area contributed by atoms with E-state index in [0.29, 0.717) is 22.5 Å². The predicted octanol–water partition coefficient (Wildman–Crippen LogP) is 6.79. The van der Waals surface area contributed by atoms with Crippen LogP contribution in [0, 0.1) is 6.92 Å². The fourth-order valence-corrected chi connectivity index (χ4v) is 3.68. The van der Waals surface area contributed by atoms with E-state index in [4.69, 9.17) is 0 Å². The molecule has 35 heavy (non-hydrogen) atoms. The highest BCUT2D eigenvalue weighted by atomic mass is 19.3. The fraction of sp³-hybridized carbons (Fsp3) is 0.192. The van der Waals surface area contributed by atoms with E-state index in [-0.39, 0.29) is 5.70 Å². The second-order valence-electron chi connectivity index (χ2n) is 8.03. The number of carbonyl (C=O) groups excluding carboxylic acids is 1. The molecule has 0 saturated carbocycles. The number of ether oxygens (including phenoxy) is 1. The molecule has 9 heteroatoms. The molecule has 3 aromatic rings. The third kappa shape index (κ3) is 5.29. The number of aryl methyl sites for hydroxylation is 1. The van der Waals surface area contributed by atoms with Crippen LogP contribution in [0.25, 0.3) is 0 Å². The normalized spacial score (nSPS) is 16.0. The first-order valence-electron chi connectivity index (χ1n) is 10.7. The Morgan fingerprint density at radius 2 is 1.71 bits per heavy atom. The number of halogens is 5. The number of amides is 1. The number of nitrogens with zero attached hydrogens (tertiary/aromatic N) is 1. The summed E-state index contributed by atoms with van der Waals surface area (Å²) in [6.45, 7) is 1.28. The molecule has 0 spiro atoms. The standard InChI is InChI=1S/C26H21F5N2O2/c1-16-5-11-20(12-6-16)33-23(18-3-2-4-21(13-18)35-26(30,31)25(28)29)14-22(24(33)34)32-19-9-7-17(15-27)8-10-19/h2-14,23,25,32H,15H2,1H3. The molecule has 0 fully saturated rings. The Hall–Kier alpha value is -3.88. The maximum atomic E-state index is 13.5. The van der Waals surface area contributed by atoms with E-state index in [1.165, 1.54) is 17.0 Å². The van der Waals surface area contributed by atoms with Gasteiger partial charge in [0.05, 0.1) is 6.04 Å². The van der Waals surface area contributed by atoms with Crippen LogP contribution in [0.2, 0.25) is 0 Å². The second-order valence-corrected chi connectivity index (χ2v) is 8.03. The van der Waals surface area contributed by atoms with Crippen molar-refractivity contribution < 1.29 is 31.5 Å². The molecule has 182 valence electrons. The first-order chi connectivity index (χ1) is 16.7. The van der Waals surface area contributed by atoms with Gasteiger partial charge in [0.1, 0.15) is 18.1 Å². The minimum atomic E-state index is -4.66.